The van der Waals surface area contributed by atoms with Crippen LogP contribution in [0.2, 0.25) is 0 Å². The van der Waals surface area contributed by atoms with Crippen LogP contribution in [0.25, 0.3) is 0 Å². The van der Waals surface area contributed by atoms with Gasteiger partial charge in [0.25, 0.3) is 0 Å². The Morgan fingerprint density at radius 3 is 1.00 bits per heavy atom. The molecule has 0 atom stereocenters. The van der Waals surface area contributed by atoms with Crippen molar-refractivity contribution in [2.75, 3.05) is 4.93 Å². The topological polar surface area (TPSA) is 63.0 Å². The van der Waals surface area contributed by atoms with Crippen LogP contribution in [-0.2, 0) is 0 Å². The summed E-state index contributed by atoms with van der Waals surface area (Å²) in [4.78, 5) is 1.97. The van der Waals surface area contributed by atoms with E-state index in [2.05, 4.69) is 22.6 Å². The maximum absolute atomic E-state index is 2.15. The van der Waals surface area contributed by atoms with Gasteiger partial charge in [-0.25, -0.2) is 0 Å². The normalized spacial score (nSPS) is 1.50. The first-order valence-electron chi connectivity index (χ1n) is 0.378. The summed E-state index contributed by atoms with van der Waals surface area (Å²) in [7, 11) is 0. The fraction of sp³-hybridized carbons (Fsp3) is 1.00. The maximum Gasteiger partial charge on any atom is -0.0121 e. The molecule has 0 aromatic heterocycles. The van der Waals surface area contributed by atoms with Gasteiger partial charge in [-0.2, -0.15) is 0 Å². The summed E-state index contributed by atoms with van der Waals surface area (Å²) < 4.78 is 0. The quantitative estimate of drug-likeness (QED) is 0.351. The second kappa shape index (κ2) is 60.7. The number of hydrogen-bond donors (Lipinski definition) is 0. The molecule has 0 spiro atoms. The molecule has 0 saturated carbocycles. The molecule has 0 saturated heterocycles. The Kier molecular flexibility index (Phi) is 345. The smallest absolute Gasteiger partial charge is 0.0121 e. The van der Waals surface area contributed by atoms with Crippen LogP contribution in [0.4, 0.5) is 0 Å². The van der Waals surface area contributed by atoms with E-state index in [1.54, 1.807) is 0 Å². The number of alkyl halides is 1. The summed E-state index contributed by atoms with van der Waals surface area (Å²) in [6, 6.07) is 0. The van der Waals surface area contributed by atoms with Gasteiger partial charge in [-0.1, -0.05) is 22.6 Å². The van der Waals surface area contributed by atoms with Crippen molar-refractivity contribution in [3.05, 3.63) is 0 Å². The van der Waals surface area contributed by atoms with Crippen LogP contribution in [-0.4, -0.2) is 15.9 Å². The van der Waals surface area contributed by atoms with Crippen molar-refractivity contribution in [3.8, 4) is 0 Å². The van der Waals surface area contributed by atoms with Crippen LogP contribution in [0.15, 0.2) is 0 Å². The number of halogens is 1. The minimum absolute atomic E-state index is 0. The van der Waals surface area contributed by atoms with Gasteiger partial charge in [0, 0.05) is 0 Å². The van der Waals surface area contributed by atoms with E-state index in [9.17, 15) is 0 Å². The van der Waals surface area contributed by atoms with E-state index in [-0.39, 0.29) is 11.0 Å². The highest BCUT2D eigenvalue weighted by molar-refractivity contribution is 14.1. The van der Waals surface area contributed by atoms with Crippen LogP contribution in [0.3, 0.4) is 0 Å². The first kappa shape index (κ1) is 22.8. The molecule has 0 aliphatic heterocycles. The average molecular weight is 178 g/mol. The Labute approximate surface area is 39.0 Å². The lowest BCUT2D eigenvalue weighted by molar-refractivity contribution is 0.823. The molecule has 4 N–H and O–H groups in total. The lowest BCUT2D eigenvalue weighted by atomic mass is 12.0. The molecule has 0 amide bonds. The van der Waals surface area contributed by atoms with Crippen LogP contribution in [0.5, 0.6) is 0 Å². The third-order valence-corrected chi connectivity index (χ3v) is 0. The standard InChI is InChI=1S/CH3I.2H2O/c1-2;;/h1H3;2*1H2. The van der Waals surface area contributed by atoms with E-state index in [0.717, 1.165) is 0 Å². The number of hydrogen-bond acceptors (Lipinski definition) is 0. The number of rotatable bonds is 0. The second-order valence-corrected chi connectivity index (χ2v) is 0. The van der Waals surface area contributed by atoms with Gasteiger partial charge in [0.15, 0.2) is 0 Å². The largest absolute Gasteiger partial charge is 0.412 e. The van der Waals surface area contributed by atoms with Crippen LogP contribution >= 0.6 is 22.6 Å². The molecule has 0 fully saturated rings. The van der Waals surface area contributed by atoms with Gasteiger partial charge in [0.2, 0.25) is 0 Å². The molecule has 3 heteroatoms. The SMILES string of the molecule is CI.O.O. The molecular formula is CH7IO2. The highest BCUT2D eigenvalue weighted by Gasteiger charge is 0.950. The van der Waals surface area contributed by atoms with Gasteiger partial charge in [0.1, 0.15) is 0 Å². The fourth-order valence-corrected chi connectivity index (χ4v) is 0. The zero-order valence-electron chi connectivity index (χ0n) is 2.38. The summed E-state index contributed by atoms with van der Waals surface area (Å²) in [5, 5.41) is 0. The molecule has 4 heavy (non-hydrogen) atoms. The van der Waals surface area contributed by atoms with Gasteiger partial charge in [-0.15, -0.1) is 0 Å². The molecule has 0 unspecified atom stereocenters. The second-order valence-electron chi connectivity index (χ2n) is 0. The molecule has 30 valence electrons. The monoisotopic (exact) mass is 178 g/mol. The molecule has 0 radical (unpaired) electrons. The third-order valence-electron chi connectivity index (χ3n) is 0. The Balaban J connectivity index is -0.00000000500. The van der Waals surface area contributed by atoms with Gasteiger partial charge in [-0.3, -0.25) is 0 Å². The molecular weight excluding hydrogens is 171 g/mol. The van der Waals surface area contributed by atoms with E-state index in [1.807, 2.05) is 4.93 Å². The summed E-state index contributed by atoms with van der Waals surface area (Å²) in [5.74, 6) is 0. The van der Waals surface area contributed by atoms with Crippen LogP contribution in [0.1, 0.15) is 0 Å². The van der Waals surface area contributed by atoms with E-state index in [0.29, 0.717) is 0 Å². The minimum atomic E-state index is 0. The molecule has 0 aliphatic carbocycles. The Morgan fingerprint density at radius 2 is 1.00 bits per heavy atom. The van der Waals surface area contributed by atoms with Crippen LogP contribution in [0, 0.1) is 0 Å². The van der Waals surface area contributed by atoms with E-state index < -0.39 is 0 Å². The lowest BCUT2D eigenvalue weighted by Gasteiger charge is -1.05. The van der Waals surface area contributed by atoms with Crippen molar-refractivity contribution in [1.29, 1.82) is 0 Å². The lowest BCUT2D eigenvalue weighted by Crippen LogP contribution is -0.798. The molecule has 0 aliphatic rings. The molecule has 0 heterocycles. The fourth-order valence-electron chi connectivity index (χ4n) is 0. The summed E-state index contributed by atoms with van der Waals surface area (Å²) >= 11 is 2.15. The molecule has 0 bridgehead atoms. The summed E-state index contributed by atoms with van der Waals surface area (Å²) in [6.07, 6.45) is 0. The molecule has 0 aromatic carbocycles. The molecule has 2 nitrogen and oxygen atoms in total. The van der Waals surface area contributed by atoms with Gasteiger partial charge in [-0.05, 0) is 4.93 Å². The van der Waals surface area contributed by atoms with Crippen molar-refractivity contribution in [2.24, 2.45) is 0 Å². The summed E-state index contributed by atoms with van der Waals surface area (Å²) in [5.41, 5.74) is 0. The van der Waals surface area contributed by atoms with Crippen molar-refractivity contribution in [3.63, 3.8) is 0 Å². The van der Waals surface area contributed by atoms with Crippen molar-refractivity contribution in [1.82, 2.24) is 0 Å². The zero-order chi connectivity index (χ0) is 2.00. The first-order chi connectivity index (χ1) is 1.00. The Hall–Kier alpha value is 0.650. The van der Waals surface area contributed by atoms with E-state index in [4.69, 9.17) is 0 Å². The predicted molar refractivity (Wildman–Crippen MR) is 27.2 cm³/mol. The minimum Gasteiger partial charge on any atom is -0.412 e. The van der Waals surface area contributed by atoms with Crippen molar-refractivity contribution >= 4 is 22.6 Å². The van der Waals surface area contributed by atoms with Crippen molar-refractivity contribution < 1.29 is 11.0 Å². The van der Waals surface area contributed by atoms with Gasteiger partial charge < -0.3 is 11.0 Å². The van der Waals surface area contributed by atoms with Gasteiger partial charge >= 0.3 is 0 Å². The molecule has 0 aromatic rings. The first-order valence-corrected chi connectivity index (χ1v) is 2.54. The maximum atomic E-state index is 2.15. The van der Waals surface area contributed by atoms with Gasteiger partial charge in [0.05, 0.1) is 0 Å². The molecule has 0 rings (SSSR count). The highest BCUT2D eigenvalue weighted by Crippen LogP contribution is 1.48. The van der Waals surface area contributed by atoms with Crippen molar-refractivity contribution in [2.45, 2.75) is 0 Å². The summed E-state index contributed by atoms with van der Waals surface area (Å²) in [6.45, 7) is 0. The predicted octanol–water partition coefficient (Wildman–Crippen LogP) is -0.598. The Morgan fingerprint density at radius 1 is 1.00 bits per heavy atom. The highest BCUT2D eigenvalue weighted by atomic mass is 127. The van der Waals surface area contributed by atoms with E-state index in [1.165, 1.54) is 0 Å². The van der Waals surface area contributed by atoms with Crippen LogP contribution < -0.4 is 0 Å². The zero-order valence-corrected chi connectivity index (χ0v) is 4.54. The Bertz CT molecular complexity index is 6.00. The average Bonchev–Trinajstić information content (AvgIpc) is 1.00. The van der Waals surface area contributed by atoms with E-state index >= 15 is 0 Å². The third kappa shape index (κ3) is 17.1.